The van der Waals surface area contributed by atoms with E-state index in [9.17, 15) is 14.9 Å². The molecule has 0 radical (unpaired) electrons. The van der Waals surface area contributed by atoms with Gasteiger partial charge in [-0.15, -0.1) is 0 Å². The number of hydrogen-bond acceptors (Lipinski definition) is 4. The molecule has 0 amide bonds. The van der Waals surface area contributed by atoms with Crippen molar-refractivity contribution in [2.75, 3.05) is 0 Å². The molecule has 0 saturated carbocycles. The Balaban J connectivity index is 2.16. The number of allylic oxidation sites excluding steroid dienone is 4. The maximum absolute atomic E-state index is 12.8. The van der Waals surface area contributed by atoms with Gasteiger partial charge in [-0.2, -0.15) is 0 Å². The molecule has 0 fully saturated rings. The minimum Gasteiger partial charge on any atom is -0.287 e. The minimum atomic E-state index is -0.391. The van der Waals surface area contributed by atoms with Crippen molar-refractivity contribution < 1.29 is 9.72 Å². The lowest BCUT2D eigenvalue weighted by atomic mass is 9.96. The highest BCUT2D eigenvalue weighted by molar-refractivity contribution is 9.12. The molecule has 0 aromatic heterocycles. The molecular formula is C16H13BrN2O3. The lowest BCUT2D eigenvalue weighted by molar-refractivity contribution is -0.386. The number of carbonyl (C=O) groups excluding carboxylic acids is 1. The van der Waals surface area contributed by atoms with E-state index in [1.807, 2.05) is 6.08 Å². The Morgan fingerprint density at radius 1 is 1.32 bits per heavy atom. The zero-order valence-electron chi connectivity index (χ0n) is 11.9. The molecule has 1 aliphatic carbocycles. The lowest BCUT2D eigenvalue weighted by Crippen LogP contribution is -2.07. The molecule has 3 rings (SSSR count). The first-order valence-corrected chi connectivity index (χ1v) is 7.71. The fourth-order valence-corrected chi connectivity index (χ4v) is 3.17. The first-order chi connectivity index (χ1) is 10.5. The summed E-state index contributed by atoms with van der Waals surface area (Å²) in [5.41, 5.74) is 2.92. The number of aryl methyl sites for hydroxylation is 1. The Kier molecular flexibility index (Phi) is 3.78. The summed E-state index contributed by atoms with van der Waals surface area (Å²) in [5.74, 6) is -0.225. The summed E-state index contributed by atoms with van der Waals surface area (Å²) in [6.45, 7) is 1.70. The monoisotopic (exact) mass is 360 g/mol. The normalized spacial score (nSPS) is 17.4. The van der Waals surface area contributed by atoms with E-state index >= 15 is 0 Å². The highest BCUT2D eigenvalue weighted by Crippen LogP contribution is 2.35. The van der Waals surface area contributed by atoms with Crippen LogP contribution < -0.4 is 0 Å². The van der Waals surface area contributed by atoms with Crippen LogP contribution in [0.5, 0.6) is 0 Å². The molecular weight excluding hydrogens is 348 g/mol. The van der Waals surface area contributed by atoms with Gasteiger partial charge in [0.25, 0.3) is 5.69 Å². The van der Waals surface area contributed by atoms with Crippen molar-refractivity contribution in [2.45, 2.75) is 26.2 Å². The second kappa shape index (κ2) is 5.61. The average molecular weight is 361 g/mol. The molecule has 1 aromatic rings. The van der Waals surface area contributed by atoms with E-state index in [0.717, 1.165) is 10.1 Å². The second-order valence-electron chi connectivity index (χ2n) is 5.35. The summed E-state index contributed by atoms with van der Waals surface area (Å²) >= 11 is 3.37. The summed E-state index contributed by atoms with van der Waals surface area (Å²) < 4.78 is 0.837. The van der Waals surface area contributed by atoms with E-state index in [1.54, 1.807) is 25.3 Å². The van der Waals surface area contributed by atoms with Crippen molar-refractivity contribution in [3.05, 3.63) is 60.8 Å². The maximum atomic E-state index is 12.8. The maximum Gasteiger partial charge on any atom is 0.276 e. The van der Waals surface area contributed by atoms with Crippen LogP contribution in [0.25, 0.3) is 0 Å². The quantitative estimate of drug-likeness (QED) is 0.560. The van der Waals surface area contributed by atoms with Gasteiger partial charge in [0.15, 0.2) is 0 Å². The number of nitro groups is 1. The van der Waals surface area contributed by atoms with Gasteiger partial charge in [0, 0.05) is 27.4 Å². The van der Waals surface area contributed by atoms with Crippen LogP contribution in [0.15, 0.2) is 39.0 Å². The number of Topliss-reactive ketones (excluding diaryl/α,β-unsaturated/α-hetero) is 1. The van der Waals surface area contributed by atoms with Crippen LogP contribution in [0.2, 0.25) is 0 Å². The van der Waals surface area contributed by atoms with Gasteiger partial charge in [0.1, 0.15) is 5.70 Å². The van der Waals surface area contributed by atoms with Crippen LogP contribution in [0, 0.1) is 17.0 Å². The number of hydrogen-bond donors (Lipinski definition) is 0. The number of halogens is 1. The average Bonchev–Trinajstić information content (AvgIpc) is 2.72. The van der Waals surface area contributed by atoms with Crippen molar-refractivity contribution in [3.63, 3.8) is 0 Å². The van der Waals surface area contributed by atoms with Gasteiger partial charge in [0.2, 0.25) is 5.78 Å². The molecule has 1 aliphatic heterocycles. The van der Waals surface area contributed by atoms with Crippen molar-refractivity contribution in [3.8, 4) is 0 Å². The Hall–Kier alpha value is -2.08. The van der Waals surface area contributed by atoms with Crippen LogP contribution in [-0.4, -0.2) is 16.9 Å². The number of carbonyl (C=O) groups is 1. The molecule has 0 spiro atoms. The van der Waals surface area contributed by atoms with Crippen molar-refractivity contribution in [1.82, 2.24) is 0 Å². The Morgan fingerprint density at radius 3 is 2.82 bits per heavy atom. The number of aliphatic imine (C=N–C) groups is 1. The van der Waals surface area contributed by atoms with Crippen molar-refractivity contribution in [2.24, 2.45) is 4.99 Å². The lowest BCUT2D eigenvalue weighted by Gasteiger charge is -2.08. The van der Waals surface area contributed by atoms with Crippen LogP contribution in [-0.2, 0) is 6.42 Å². The second-order valence-corrected chi connectivity index (χ2v) is 6.26. The molecule has 6 heteroatoms. The van der Waals surface area contributed by atoms with E-state index in [2.05, 4.69) is 20.9 Å². The van der Waals surface area contributed by atoms with Crippen LogP contribution in [0.1, 0.15) is 34.3 Å². The number of benzene rings is 1. The van der Waals surface area contributed by atoms with Gasteiger partial charge >= 0.3 is 0 Å². The third-order valence-corrected chi connectivity index (χ3v) is 4.53. The van der Waals surface area contributed by atoms with Crippen LogP contribution >= 0.6 is 15.9 Å². The van der Waals surface area contributed by atoms with Gasteiger partial charge in [0.05, 0.1) is 4.92 Å². The predicted octanol–water partition coefficient (Wildman–Crippen LogP) is 4.04. The zero-order chi connectivity index (χ0) is 15.9. The first kappa shape index (κ1) is 14.8. The molecule has 5 nitrogen and oxygen atoms in total. The third kappa shape index (κ3) is 2.43. The van der Waals surface area contributed by atoms with E-state index in [4.69, 9.17) is 0 Å². The first-order valence-electron chi connectivity index (χ1n) is 6.92. The van der Waals surface area contributed by atoms with Crippen LogP contribution in [0.3, 0.4) is 0 Å². The highest BCUT2D eigenvalue weighted by Gasteiger charge is 2.30. The van der Waals surface area contributed by atoms with Gasteiger partial charge in [-0.1, -0.05) is 12.1 Å². The smallest absolute Gasteiger partial charge is 0.276 e. The fourth-order valence-electron chi connectivity index (χ4n) is 2.90. The van der Waals surface area contributed by atoms with E-state index < -0.39 is 4.92 Å². The molecule has 0 N–H and O–H groups in total. The molecule has 0 unspecified atom stereocenters. The Morgan fingerprint density at radius 2 is 2.09 bits per heavy atom. The fraction of sp³-hybridized carbons (Fsp3) is 0.250. The number of rotatable bonds is 1. The van der Waals surface area contributed by atoms with E-state index in [0.29, 0.717) is 41.6 Å². The molecule has 22 heavy (non-hydrogen) atoms. The number of nitro benzene ring substituents is 1. The topological polar surface area (TPSA) is 72.6 Å². The molecule has 0 atom stereocenters. The van der Waals surface area contributed by atoms with E-state index in [1.165, 1.54) is 0 Å². The van der Waals surface area contributed by atoms with Gasteiger partial charge < -0.3 is 0 Å². The standard InChI is InChI=1S/C16H13BrN2O3/c1-9-2-6-13-12(15(9)19(21)22)7-4-10-3-5-11(17)8-18-14(10)16(13)20/h2,5-6,8H,3-4,7H2,1H3. The zero-order valence-corrected chi connectivity index (χ0v) is 13.5. The summed E-state index contributed by atoms with van der Waals surface area (Å²) in [4.78, 5) is 28.0. The SMILES string of the molecule is Cc1ccc2c(c1[N+](=O)[O-])CCC1=C(N=CC(Br)=CC1)C2=O. The predicted molar refractivity (Wildman–Crippen MR) is 87.6 cm³/mol. The molecule has 1 heterocycles. The molecule has 0 saturated heterocycles. The largest absolute Gasteiger partial charge is 0.287 e. The number of nitrogens with zero attached hydrogens (tertiary/aromatic N) is 2. The molecule has 2 aliphatic rings. The summed E-state index contributed by atoms with van der Waals surface area (Å²) in [6, 6.07) is 3.31. The molecule has 112 valence electrons. The van der Waals surface area contributed by atoms with Gasteiger partial charge in [-0.3, -0.25) is 19.9 Å². The Labute approximate surface area is 135 Å². The molecule has 1 aromatic carbocycles. The number of fused-ring (bicyclic) bond motifs is 1. The summed E-state index contributed by atoms with van der Waals surface area (Å²) in [5, 5.41) is 11.4. The summed E-state index contributed by atoms with van der Waals surface area (Å²) in [7, 11) is 0. The van der Waals surface area contributed by atoms with Crippen molar-refractivity contribution >= 4 is 33.6 Å². The van der Waals surface area contributed by atoms with Gasteiger partial charge in [-0.25, -0.2) is 0 Å². The van der Waals surface area contributed by atoms with E-state index in [-0.39, 0.29) is 11.5 Å². The summed E-state index contributed by atoms with van der Waals surface area (Å²) in [6.07, 6.45) is 5.27. The highest BCUT2D eigenvalue weighted by atomic mass is 79.9. The number of ketones is 1. The van der Waals surface area contributed by atoms with Crippen LogP contribution in [0.4, 0.5) is 5.69 Å². The van der Waals surface area contributed by atoms with Gasteiger partial charge in [-0.05, 0) is 53.8 Å². The Bertz CT molecular complexity index is 791. The molecule has 0 bridgehead atoms. The third-order valence-electron chi connectivity index (χ3n) is 4.00. The minimum absolute atomic E-state index is 0.0595. The van der Waals surface area contributed by atoms with Crippen molar-refractivity contribution in [1.29, 1.82) is 0 Å².